The minimum Gasteiger partial charge on any atom is -0.444 e. The van der Waals surface area contributed by atoms with Crippen LogP contribution in [0.1, 0.15) is 120 Å². The maximum atomic E-state index is 13.9. The summed E-state index contributed by atoms with van der Waals surface area (Å²) in [6, 6.07) is 4.40. The third kappa shape index (κ3) is 12.6. The summed E-state index contributed by atoms with van der Waals surface area (Å²) >= 11 is 0. The number of halogens is 6. The Morgan fingerprint density at radius 1 is 0.809 bits per heavy atom. The first-order valence-corrected chi connectivity index (χ1v) is 24.7. The Labute approximate surface area is 393 Å². The molecule has 1 saturated heterocycles. The van der Waals surface area contributed by atoms with Crippen molar-refractivity contribution in [3.8, 4) is 6.07 Å². The molecule has 2 aromatic rings. The quantitative estimate of drug-likeness (QED) is 0.196. The molecule has 2 aliphatic carbocycles. The van der Waals surface area contributed by atoms with Crippen LogP contribution in [0.15, 0.2) is 24.5 Å². The third-order valence-electron chi connectivity index (χ3n) is 13.8. The minimum atomic E-state index is -4.57. The molecule has 2 aromatic heterocycles. The van der Waals surface area contributed by atoms with E-state index < -0.39 is 80.1 Å². The molecular weight excluding hydrogens is 925 g/mol. The van der Waals surface area contributed by atoms with Gasteiger partial charge in [-0.3, -0.25) is 23.7 Å². The van der Waals surface area contributed by atoms with Crippen LogP contribution in [0, 0.1) is 28.1 Å². The van der Waals surface area contributed by atoms with Gasteiger partial charge in [0.25, 0.3) is 10.1 Å². The molecule has 376 valence electrons. The highest BCUT2D eigenvalue weighted by Crippen LogP contribution is 2.48. The second kappa shape index (κ2) is 20.4. The molecule has 0 spiro atoms. The smallest absolute Gasteiger partial charge is 0.417 e. The fraction of sp³-hybridized carbons (Fsp3) is 0.696. The van der Waals surface area contributed by atoms with Crippen LogP contribution in [-0.4, -0.2) is 108 Å². The van der Waals surface area contributed by atoms with Gasteiger partial charge >= 0.3 is 18.4 Å². The molecule has 22 heteroatoms. The normalized spacial score (nSPS) is 25.5. The van der Waals surface area contributed by atoms with E-state index >= 15 is 0 Å². The van der Waals surface area contributed by atoms with Crippen molar-refractivity contribution in [2.75, 3.05) is 32.6 Å². The number of amides is 3. The lowest BCUT2D eigenvalue weighted by Gasteiger charge is -2.39. The van der Waals surface area contributed by atoms with Crippen LogP contribution in [0.5, 0.6) is 0 Å². The average molecular weight is 986 g/mol. The lowest BCUT2D eigenvalue weighted by molar-refractivity contribution is -0.148. The molecule has 3 aliphatic heterocycles. The average Bonchev–Trinajstić information content (AvgIpc) is 3.89. The fourth-order valence-electron chi connectivity index (χ4n) is 10.2. The number of alkyl carbamates (subject to hydrolysis) is 1. The fourth-order valence-corrected chi connectivity index (χ4v) is 10.9. The summed E-state index contributed by atoms with van der Waals surface area (Å²) in [4.78, 5) is 50.9. The number of alkyl halides is 6. The maximum Gasteiger partial charge on any atom is 0.417 e. The number of pyridine rings is 2. The highest BCUT2D eigenvalue weighted by molar-refractivity contribution is 7.86. The molecule has 3 fully saturated rings. The van der Waals surface area contributed by atoms with Crippen LogP contribution >= 0.6 is 0 Å². The molecule has 3 amide bonds. The van der Waals surface area contributed by atoms with Gasteiger partial charge in [0.2, 0.25) is 11.8 Å². The first-order valence-electron chi connectivity index (χ1n) is 22.9. The van der Waals surface area contributed by atoms with Crippen LogP contribution in [0.2, 0.25) is 0 Å². The molecule has 2 unspecified atom stereocenters. The first-order chi connectivity index (χ1) is 31.6. The van der Waals surface area contributed by atoms with Gasteiger partial charge in [-0.1, -0.05) is 0 Å². The van der Waals surface area contributed by atoms with E-state index in [9.17, 15) is 54.4 Å². The van der Waals surface area contributed by atoms with Gasteiger partial charge in [-0.25, -0.2) is 4.79 Å². The van der Waals surface area contributed by atoms with Crippen molar-refractivity contribution in [1.29, 1.82) is 5.26 Å². The van der Waals surface area contributed by atoms with E-state index in [4.69, 9.17) is 13.7 Å². The van der Waals surface area contributed by atoms with Gasteiger partial charge in [-0.15, -0.1) is 0 Å². The van der Waals surface area contributed by atoms with Crippen LogP contribution in [-0.2, 0) is 71.6 Å². The summed E-state index contributed by atoms with van der Waals surface area (Å²) in [5.41, 5.74) is -2.74. The van der Waals surface area contributed by atoms with Crippen LogP contribution in [0.25, 0.3) is 0 Å². The number of carbonyl (C=O) groups excluding carboxylic acids is 3. The lowest BCUT2D eigenvalue weighted by Crippen LogP contribution is -2.51. The van der Waals surface area contributed by atoms with Crippen molar-refractivity contribution in [2.45, 2.75) is 154 Å². The molecule has 5 aliphatic rings. The zero-order chi connectivity index (χ0) is 50.0. The Kier molecular flexibility index (Phi) is 15.8. The summed E-state index contributed by atoms with van der Waals surface area (Å²) in [6.07, 6.45) is -3.05. The van der Waals surface area contributed by atoms with E-state index in [2.05, 4.69) is 26.7 Å². The lowest BCUT2D eigenvalue weighted by atomic mass is 9.73. The summed E-state index contributed by atoms with van der Waals surface area (Å²) in [5, 5.41) is 16.1. The maximum absolute atomic E-state index is 13.9. The minimum absolute atomic E-state index is 0.0892. The molecule has 5 heterocycles. The van der Waals surface area contributed by atoms with Crippen molar-refractivity contribution in [3.05, 3.63) is 58.2 Å². The van der Waals surface area contributed by atoms with E-state index in [0.717, 1.165) is 63.3 Å². The van der Waals surface area contributed by atoms with Crippen molar-refractivity contribution < 1.29 is 62.8 Å². The van der Waals surface area contributed by atoms with Crippen molar-refractivity contribution >= 4 is 28.0 Å². The predicted octanol–water partition coefficient (Wildman–Crippen LogP) is 6.87. The number of ether oxygens (including phenoxy) is 2. The number of fused-ring (bicyclic) bond motifs is 2. The number of nitrogens with zero attached hydrogens (tertiary/aromatic N) is 5. The standard InChI is InChI=1S/C23H29F3N4O2.C23H32F3N3O6S/c1-15(12-27)22(6-2-19(11-22)29-18-4-8-32-9-5-18)21(31)30-7-3-20-16(14-30)10-17(13-28-20)23(24,25)26;1-14(35-36(5,32)33)22(8-6-17(11-22)28-20(31)34-21(2,3)4)19(30)29-9-7-18-15(13-29)10-16(12-27-18)23(24,25)26/h10,13,15,18-19,29H,2-9,11,14H2,1H3;10,12,14,17H,6-9,11,13H2,1-5H3,(H,28,31)/t15?,19-,22+;14?,17-,22+/m11/s1. The van der Waals surface area contributed by atoms with Crippen molar-refractivity contribution in [1.82, 2.24) is 30.4 Å². The summed E-state index contributed by atoms with van der Waals surface area (Å²) in [5.74, 6) is -1.03. The van der Waals surface area contributed by atoms with Crippen LogP contribution in [0.3, 0.4) is 0 Å². The van der Waals surface area contributed by atoms with Gasteiger partial charge in [0.05, 0.1) is 46.3 Å². The Hall–Kier alpha value is -4.59. The zero-order valence-electron chi connectivity index (χ0n) is 39.2. The van der Waals surface area contributed by atoms with E-state index in [1.807, 2.05) is 0 Å². The second-order valence-electron chi connectivity index (χ2n) is 19.8. The number of hydrogen-bond acceptors (Lipinski definition) is 12. The SMILES string of the molecule is CC(C#N)[C@]1(C(=O)N2CCc3ncc(C(F)(F)F)cc3C2)CC[C@@H](NC2CCOCC2)C1.CC(OS(C)(=O)=O)[C@]1(C(=O)N2CCc3ncc(C(F)(F)F)cc3C2)CC[C@@H](NC(=O)OC(C)(C)C)C1. The molecule has 0 radical (unpaired) electrons. The van der Waals surface area contributed by atoms with Gasteiger partial charge in [0, 0.05) is 94.1 Å². The summed E-state index contributed by atoms with van der Waals surface area (Å²) in [6.45, 7) is 10.5. The van der Waals surface area contributed by atoms with Gasteiger partial charge in [0.1, 0.15) is 5.60 Å². The van der Waals surface area contributed by atoms with Gasteiger partial charge in [-0.2, -0.15) is 40.0 Å². The number of aromatic nitrogens is 2. The van der Waals surface area contributed by atoms with Crippen molar-refractivity contribution in [2.24, 2.45) is 16.7 Å². The Bertz CT molecular complexity index is 2330. The van der Waals surface area contributed by atoms with Crippen LogP contribution < -0.4 is 10.6 Å². The van der Waals surface area contributed by atoms with E-state index in [0.29, 0.717) is 55.2 Å². The largest absolute Gasteiger partial charge is 0.444 e. The molecule has 0 aromatic carbocycles. The second-order valence-corrected chi connectivity index (χ2v) is 21.4. The number of rotatable bonds is 9. The van der Waals surface area contributed by atoms with E-state index in [-0.39, 0.29) is 56.4 Å². The van der Waals surface area contributed by atoms with Gasteiger partial charge in [-0.05, 0) is 109 Å². The van der Waals surface area contributed by atoms with Crippen LogP contribution in [0.4, 0.5) is 31.1 Å². The number of hydrogen-bond donors (Lipinski definition) is 2. The number of nitrogens with one attached hydrogen (secondary N) is 2. The molecule has 15 nitrogen and oxygen atoms in total. The van der Waals surface area contributed by atoms with Gasteiger partial charge in [0.15, 0.2) is 0 Å². The third-order valence-corrected chi connectivity index (χ3v) is 14.4. The monoisotopic (exact) mass is 985 g/mol. The highest BCUT2D eigenvalue weighted by atomic mass is 32.2. The molecule has 2 N–H and O–H groups in total. The topological polar surface area (TPSA) is 193 Å². The molecule has 2 saturated carbocycles. The predicted molar refractivity (Wildman–Crippen MR) is 233 cm³/mol. The zero-order valence-corrected chi connectivity index (χ0v) is 40.0. The summed E-state index contributed by atoms with van der Waals surface area (Å²) in [7, 11) is -3.92. The van der Waals surface area contributed by atoms with Crippen molar-refractivity contribution in [3.63, 3.8) is 0 Å². The van der Waals surface area contributed by atoms with Gasteiger partial charge < -0.3 is 29.9 Å². The van der Waals surface area contributed by atoms with E-state index in [1.165, 1.54) is 11.8 Å². The molecule has 68 heavy (non-hydrogen) atoms. The molecular formula is C46H61F6N7O8S. The summed E-state index contributed by atoms with van der Waals surface area (Å²) < 4.78 is 119. The highest BCUT2D eigenvalue weighted by Gasteiger charge is 2.54. The number of carbonyl (C=O) groups is 3. The Balaban J connectivity index is 0.000000225. The molecule has 6 atom stereocenters. The Morgan fingerprint density at radius 2 is 1.29 bits per heavy atom. The van der Waals surface area contributed by atoms with E-state index in [1.54, 1.807) is 32.6 Å². The molecule has 7 rings (SSSR count). The first kappa shape index (κ1) is 52.8. The number of nitriles is 1. The molecule has 0 bridgehead atoms. The Morgan fingerprint density at radius 3 is 1.78 bits per heavy atom.